The monoisotopic (exact) mass is 445 g/mol. The maximum atomic E-state index is 13.1. The highest BCUT2D eigenvalue weighted by atomic mass is 16.3. The predicted molar refractivity (Wildman–Crippen MR) is 128 cm³/mol. The van der Waals surface area contributed by atoms with Crippen molar-refractivity contribution in [3.05, 3.63) is 54.1 Å². The third-order valence-corrected chi connectivity index (χ3v) is 7.30. The fourth-order valence-electron chi connectivity index (χ4n) is 5.17. The zero-order chi connectivity index (χ0) is 22.8. The number of hydrogen-bond acceptors (Lipinski definition) is 4. The predicted octanol–water partition coefficient (Wildman–Crippen LogP) is 5.04. The summed E-state index contributed by atoms with van der Waals surface area (Å²) in [5.41, 5.74) is 2.90. The van der Waals surface area contributed by atoms with Crippen molar-refractivity contribution in [3.63, 3.8) is 0 Å². The minimum atomic E-state index is -0.00857. The first-order chi connectivity index (χ1) is 16.1. The van der Waals surface area contributed by atoms with Crippen molar-refractivity contribution in [2.45, 2.75) is 51.5 Å². The quantitative estimate of drug-likeness (QED) is 0.597. The Morgan fingerprint density at radius 1 is 1.03 bits per heavy atom. The molecule has 2 aromatic carbocycles. The minimum Gasteiger partial charge on any atom is -0.436 e. The number of aromatic nitrogens is 1. The molecule has 1 saturated heterocycles. The van der Waals surface area contributed by atoms with Gasteiger partial charge in [0.25, 0.3) is 5.91 Å². The van der Waals surface area contributed by atoms with Gasteiger partial charge in [0, 0.05) is 36.2 Å². The van der Waals surface area contributed by atoms with Crippen molar-refractivity contribution < 1.29 is 14.0 Å². The first-order valence-corrected chi connectivity index (χ1v) is 12.1. The van der Waals surface area contributed by atoms with E-state index in [9.17, 15) is 9.59 Å². The van der Waals surface area contributed by atoms with E-state index in [0.717, 1.165) is 31.2 Å². The summed E-state index contributed by atoms with van der Waals surface area (Å²) >= 11 is 0. The lowest BCUT2D eigenvalue weighted by molar-refractivity contribution is -0.127. The summed E-state index contributed by atoms with van der Waals surface area (Å²) in [6, 6.07) is 15.6. The van der Waals surface area contributed by atoms with E-state index >= 15 is 0 Å². The van der Waals surface area contributed by atoms with E-state index in [0.29, 0.717) is 47.6 Å². The normalized spacial score (nSPS) is 18.5. The third-order valence-electron chi connectivity index (χ3n) is 7.30. The molecule has 2 fully saturated rings. The summed E-state index contributed by atoms with van der Waals surface area (Å²) in [5.74, 6) is 1.06. The summed E-state index contributed by atoms with van der Waals surface area (Å²) < 4.78 is 5.87. The lowest BCUT2D eigenvalue weighted by Crippen LogP contribution is -2.44. The van der Waals surface area contributed by atoms with Crippen LogP contribution in [-0.4, -0.2) is 40.8 Å². The van der Waals surface area contributed by atoms with Gasteiger partial charge < -0.3 is 14.6 Å². The second-order valence-electron chi connectivity index (χ2n) is 9.48. The average Bonchev–Trinajstić information content (AvgIpc) is 3.53. The first-order valence-electron chi connectivity index (χ1n) is 12.1. The Morgan fingerprint density at radius 3 is 2.48 bits per heavy atom. The standard InChI is InChI=1S/C27H31N3O3/c1-18(25(31)28-22-9-5-6-10-22)19-13-15-30(16-14-19)27(32)21-11-12-24-23(17-21)29-26(33-24)20-7-3-2-4-8-20/h2-4,7-8,11-12,17-19,22H,5-6,9-10,13-16H2,1H3,(H,28,31)/t18-/m0/s1. The summed E-state index contributed by atoms with van der Waals surface area (Å²) in [7, 11) is 0. The molecule has 2 amide bonds. The Balaban J connectivity index is 1.21. The van der Waals surface area contributed by atoms with Crippen molar-refractivity contribution >= 4 is 22.9 Å². The van der Waals surface area contributed by atoms with Crippen LogP contribution in [0.15, 0.2) is 52.9 Å². The fraction of sp³-hybridized carbons (Fsp3) is 0.444. The lowest BCUT2D eigenvalue weighted by Gasteiger charge is -2.34. The smallest absolute Gasteiger partial charge is 0.253 e. The highest BCUT2D eigenvalue weighted by Gasteiger charge is 2.31. The molecule has 0 unspecified atom stereocenters. The second kappa shape index (κ2) is 9.38. The summed E-state index contributed by atoms with van der Waals surface area (Å²) in [4.78, 5) is 32.3. The van der Waals surface area contributed by atoms with Crippen LogP contribution >= 0.6 is 0 Å². The maximum Gasteiger partial charge on any atom is 0.253 e. The Kier molecular flexibility index (Phi) is 6.16. The number of oxazole rings is 1. The van der Waals surface area contributed by atoms with E-state index in [2.05, 4.69) is 10.3 Å². The molecule has 1 N–H and O–H groups in total. The number of amides is 2. The van der Waals surface area contributed by atoms with Crippen LogP contribution in [0.3, 0.4) is 0 Å². The zero-order valence-corrected chi connectivity index (χ0v) is 19.1. The van der Waals surface area contributed by atoms with Gasteiger partial charge in [-0.1, -0.05) is 38.0 Å². The Morgan fingerprint density at radius 2 is 1.76 bits per heavy atom. The summed E-state index contributed by atoms with van der Waals surface area (Å²) in [6.07, 6.45) is 6.36. The molecule has 1 saturated carbocycles. The van der Waals surface area contributed by atoms with Crippen LogP contribution in [-0.2, 0) is 4.79 Å². The SMILES string of the molecule is C[C@H](C(=O)NC1CCCC1)C1CCN(C(=O)c2ccc3oc(-c4ccccc4)nc3c2)CC1. The first kappa shape index (κ1) is 21.7. The van der Waals surface area contributed by atoms with E-state index in [1.807, 2.05) is 60.4 Å². The molecule has 1 aromatic heterocycles. The van der Waals surface area contributed by atoms with Crippen molar-refractivity contribution in [3.8, 4) is 11.5 Å². The van der Waals surface area contributed by atoms with Gasteiger partial charge in [-0.15, -0.1) is 0 Å². The minimum absolute atomic E-state index is 0.00857. The van der Waals surface area contributed by atoms with Gasteiger partial charge in [-0.05, 0) is 61.9 Å². The Hall–Kier alpha value is -3.15. The van der Waals surface area contributed by atoms with Gasteiger partial charge in [0.1, 0.15) is 5.52 Å². The van der Waals surface area contributed by atoms with Crippen LogP contribution < -0.4 is 5.32 Å². The van der Waals surface area contributed by atoms with Crippen molar-refractivity contribution in [2.75, 3.05) is 13.1 Å². The molecular formula is C27H31N3O3. The highest BCUT2D eigenvalue weighted by Crippen LogP contribution is 2.29. The number of benzene rings is 2. The molecule has 6 nitrogen and oxygen atoms in total. The van der Waals surface area contributed by atoms with E-state index in [4.69, 9.17) is 4.42 Å². The number of carbonyl (C=O) groups is 2. The third kappa shape index (κ3) is 4.65. The highest BCUT2D eigenvalue weighted by molar-refractivity contribution is 5.97. The largest absolute Gasteiger partial charge is 0.436 e. The number of nitrogens with one attached hydrogen (secondary N) is 1. The molecule has 1 atom stereocenters. The summed E-state index contributed by atoms with van der Waals surface area (Å²) in [5, 5.41) is 3.23. The van der Waals surface area contributed by atoms with Crippen LogP contribution in [0, 0.1) is 11.8 Å². The topological polar surface area (TPSA) is 75.4 Å². The van der Waals surface area contributed by atoms with Gasteiger partial charge in [0.05, 0.1) is 0 Å². The number of likely N-dealkylation sites (tertiary alicyclic amines) is 1. The van der Waals surface area contributed by atoms with Crippen LogP contribution in [0.2, 0.25) is 0 Å². The number of piperidine rings is 1. The number of rotatable bonds is 5. The van der Waals surface area contributed by atoms with Gasteiger partial charge >= 0.3 is 0 Å². The molecule has 6 heteroatoms. The lowest BCUT2D eigenvalue weighted by atomic mass is 9.84. The maximum absolute atomic E-state index is 13.1. The Bertz CT molecular complexity index is 1130. The van der Waals surface area contributed by atoms with Crippen LogP contribution in [0.25, 0.3) is 22.6 Å². The molecule has 2 heterocycles. The molecule has 1 aliphatic heterocycles. The van der Waals surface area contributed by atoms with E-state index in [1.54, 1.807) is 0 Å². The number of nitrogens with zero attached hydrogens (tertiary/aromatic N) is 2. The van der Waals surface area contributed by atoms with E-state index in [-0.39, 0.29) is 17.7 Å². The molecule has 172 valence electrons. The van der Waals surface area contributed by atoms with Gasteiger partial charge in [0.2, 0.25) is 11.8 Å². The molecule has 0 spiro atoms. The Labute approximate surface area is 194 Å². The van der Waals surface area contributed by atoms with Crippen LogP contribution in [0.4, 0.5) is 0 Å². The average molecular weight is 446 g/mol. The molecule has 3 aromatic rings. The van der Waals surface area contributed by atoms with Crippen molar-refractivity contribution in [1.82, 2.24) is 15.2 Å². The zero-order valence-electron chi connectivity index (χ0n) is 19.1. The molecule has 0 bridgehead atoms. The molecular weight excluding hydrogens is 414 g/mol. The molecule has 5 rings (SSSR count). The van der Waals surface area contributed by atoms with Crippen LogP contribution in [0.1, 0.15) is 55.8 Å². The summed E-state index contributed by atoms with van der Waals surface area (Å²) in [6.45, 7) is 3.39. The van der Waals surface area contributed by atoms with Crippen molar-refractivity contribution in [1.29, 1.82) is 0 Å². The number of fused-ring (bicyclic) bond motifs is 1. The molecule has 33 heavy (non-hydrogen) atoms. The fourth-order valence-corrected chi connectivity index (χ4v) is 5.17. The van der Waals surface area contributed by atoms with Crippen molar-refractivity contribution in [2.24, 2.45) is 11.8 Å². The molecule has 2 aliphatic rings. The van der Waals surface area contributed by atoms with Gasteiger partial charge in [-0.3, -0.25) is 9.59 Å². The van der Waals surface area contributed by atoms with Gasteiger partial charge in [-0.25, -0.2) is 4.98 Å². The number of hydrogen-bond donors (Lipinski definition) is 1. The number of carbonyl (C=O) groups excluding carboxylic acids is 2. The van der Waals surface area contributed by atoms with E-state index in [1.165, 1.54) is 12.8 Å². The van der Waals surface area contributed by atoms with Gasteiger partial charge in [-0.2, -0.15) is 0 Å². The molecule has 0 radical (unpaired) electrons. The van der Waals surface area contributed by atoms with Crippen LogP contribution in [0.5, 0.6) is 0 Å². The molecule has 1 aliphatic carbocycles. The van der Waals surface area contributed by atoms with Gasteiger partial charge in [0.15, 0.2) is 5.58 Å². The second-order valence-corrected chi connectivity index (χ2v) is 9.48. The van der Waals surface area contributed by atoms with E-state index < -0.39 is 0 Å².